The Hall–Kier alpha value is -3.80. The first kappa shape index (κ1) is 57.3. The minimum Gasteiger partial charge on any atom is -0.462 e. The molecule has 0 atom stereocenters. The maximum atomic E-state index is 14.8. The number of esters is 1. The number of hydrogen-bond donors (Lipinski definition) is 0. The van der Waals surface area contributed by atoms with E-state index >= 15 is 0 Å². The minimum absolute atomic E-state index is 0.000768. The maximum Gasteiger partial charge on any atom is 0.460 e. The molecule has 5 nitrogen and oxygen atoms in total. The third-order valence-corrected chi connectivity index (χ3v) is 9.65. The van der Waals surface area contributed by atoms with Gasteiger partial charge in [0.05, 0.1) is 19.8 Å². The van der Waals surface area contributed by atoms with E-state index in [1.54, 1.807) is 0 Å². The molecular formula is C34H28F26O5. The van der Waals surface area contributed by atoms with E-state index in [0.717, 1.165) is 30.3 Å². The quantitative estimate of drug-likeness (QED) is 0.0428. The molecule has 0 aliphatic carbocycles. The van der Waals surface area contributed by atoms with Crippen molar-refractivity contribution in [1.82, 2.24) is 0 Å². The normalized spacial score (nSPS) is 17.6. The molecule has 0 radical (unpaired) electrons. The zero-order valence-electron chi connectivity index (χ0n) is 32.0. The van der Waals surface area contributed by atoms with Gasteiger partial charge < -0.3 is 14.2 Å². The van der Waals surface area contributed by atoms with Crippen LogP contribution in [0.3, 0.4) is 0 Å². The average Bonchev–Trinajstić information content (AvgIpc) is 3.17. The van der Waals surface area contributed by atoms with Gasteiger partial charge in [0.2, 0.25) is 0 Å². The number of carbonyl (C=O) groups is 2. The van der Waals surface area contributed by atoms with Gasteiger partial charge in [0.15, 0.2) is 12.1 Å². The molecule has 0 N–H and O–H groups in total. The summed E-state index contributed by atoms with van der Waals surface area (Å²) in [5, 5.41) is 0. The van der Waals surface area contributed by atoms with Crippen molar-refractivity contribution in [3.05, 3.63) is 41.0 Å². The Morgan fingerprint density at radius 3 is 1.20 bits per heavy atom. The molecule has 1 aliphatic rings. The Morgan fingerprint density at radius 1 is 0.554 bits per heavy atom. The fraction of sp³-hybridized carbons (Fsp3) is 0.706. The summed E-state index contributed by atoms with van der Waals surface area (Å²) < 4.78 is 371. The standard InChI is InChI=1S/C34H28F26O5/c1-3-19(61)18(20(62)63-4-2)13-16-5-7-17(8-6-16)21-64-14-22(15-65-21,9-11-23(35,36)25(39,40)27(43,44)29(47,48)31(51,52)33(55,56)57)10-12-24(37,38)26(41,42)28(45,46)30(49,50)32(53,54)34(58,59)60/h5-8,13,21H,3-4,9-12,14-15H2,1-2H3. The van der Waals surface area contributed by atoms with Crippen molar-refractivity contribution in [2.24, 2.45) is 5.41 Å². The second kappa shape index (κ2) is 18.0. The number of hydrogen-bond acceptors (Lipinski definition) is 5. The topological polar surface area (TPSA) is 61.8 Å². The molecule has 376 valence electrons. The van der Waals surface area contributed by atoms with E-state index in [1.165, 1.54) is 13.8 Å². The highest BCUT2D eigenvalue weighted by molar-refractivity contribution is 6.20. The molecule has 1 fully saturated rings. The van der Waals surface area contributed by atoms with Crippen LogP contribution in [0.1, 0.15) is 63.4 Å². The lowest BCUT2D eigenvalue weighted by molar-refractivity contribution is -0.441. The second-order valence-corrected chi connectivity index (χ2v) is 14.2. The monoisotopic (exact) mass is 1010 g/mol. The van der Waals surface area contributed by atoms with Gasteiger partial charge in [0.25, 0.3) is 0 Å². The van der Waals surface area contributed by atoms with E-state index in [-0.39, 0.29) is 24.2 Å². The molecule has 0 spiro atoms. The molecule has 0 aromatic heterocycles. The van der Waals surface area contributed by atoms with Crippen molar-refractivity contribution in [2.45, 2.75) is 124 Å². The van der Waals surface area contributed by atoms with Gasteiger partial charge in [0.1, 0.15) is 5.57 Å². The lowest BCUT2D eigenvalue weighted by Crippen LogP contribution is -2.70. The van der Waals surface area contributed by atoms with Crippen molar-refractivity contribution in [3.63, 3.8) is 0 Å². The van der Waals surface area contributed by atoms with Crippen molar-refractivity contribution in [2.75, 3.05) is 19.8 Å². The molecule has 0 bridgehead atoms. The molecule has 1 aliphatic heterocycles. The number of ketones is 1. The van der Waals surface area contributed by atoms with Crippen LogP contribution in [0.15, 0.2) is 29.8 Å². The van der Waals surface area contributed by atoms with E-state index in [9.17, 15) is 124 Å². The van der Waals surface area contributed by atoms with Crippen LogP contribution in [-0.4, -0.2) is 103 Å². The van der Waals surface area contributed by atoms with Crippen LogP contribution < -0.4 is 0 Å². The number of carbonyl (C=O) groups excluding carboxylic acids is 2. The molecule has 31 heteroatoms. The molecule has 1 saturated heterocycles. The van der Waals surface area contributed by atoms with Gasteiger partial charge >= 0.3 is 77.5 Å². The summed E-state index contributed by atoms with van der Waals surface area (Å²) in [6.07, 6.45) is -28.3. The summed E-state index contributed by atoms with van der Waals surface area (Å²) in [5.74, 6) is -82.0. The smallest absolute Gasteiger partial charge is 0.460 e. The predicted molar refractivity (Wildman–Crippen MR) is 163 cm³/mol. The van der Waals surface area contributed by atoms with Crippen LogP contribution >= 0.6 is 0 Å². The van der Waals surface area contributed by atoms with E-state index in [2.05, 4.69) is 0 Å². The molecule has 0 saturated carbocycles. The first-order chi connectivity index (χ1) is 28.8. The number of alkyl halides is 26. The Morgan fingerprint density at radius 2 is 0.892 bits per heavy atom. The molecule has 1 aromatic carbocycles. The third-order valence-electron chi connectivity index (χ3n) is 9.65. The Kier molecular flexibility index (Phi) is 15.9. The summed E-state index contributed by atoms with van der Waals surface area (Å²) >= 11 is 0. The van der Waals surface area contributed by atoms with Crippen molar-refractivity contribution in [3.8, 4) is 0 Å². The van der Waals surface area contributed by atoms with Gasteiger partial charge in [-0.3, -0.25) is 4.79 Å². The van der Waals surface area contributed by atoms with Crippen molar-refractivity contribution in [1.29, 1.82) is 0 Å². The highest BCUT2D eigenvalue weighted by atomic mass is 19.4. The second-order valence-electron chi connectivity index (χ2n) is 14.2. The SMILES string of the molecule is CCOC(=O)C(=Cc1ccc(C2OCC(CCC(F)(F)C(F)(F)C(F)(F)C(F)(F)C(F)(F)C(F)(F)F)(CCC(F)(F)C(F)(F)C(F)(F)C(F)(F)C(F)(F)C(F)(F)F)CO2)cc1)C(=O)CC. The summed E-state index contributed by atoms with van der Waals surface area (Å²) in [5.41, 5.74) is -4.13. The molecular weight excluding hydrogens is 982 g/mol. The number of halogens is 26. The lowest BCUT2D eigenvalue weighted by atomic mass is 9.76. The molecule has 2 rings (SSSR count). The van der Waals surface area contributed by atoms with Crippen molar-refractivity contribution < 1.29 is 138 Å². The number of Topliss-reactive ketones (excluding diaryl/α,β-unsaturated/α-hetero) is 1. The largest absolute Gasteiger partial charge is 0.462 e. The Labute approximate surface area is 346 Å². The zero-order chi connectivity index (χ0) is 51.3. The van der Waals surface area contributed by atoms with Crippen LogP contribution in [0, 0.1) is 5.41 Å². The van der Waals surface area contributed by atoms with Gasteiger partial charge in [-0.15, -0.1) is 0 Å². The number of ether oxygens (including phenoxy) is 3. The summed E-state index contributed by atoms with van der Waals surface area (Å²) in [6.45, 7) is -0.983. The van der Waals surface area contributed by atoms with Crippen LogP contribution in [0.25, 0.3) is 6.08 Å². The fourth-order valence-corrected chi connectivity index (χ4v) is 5.53. The van der Waals surface area contributed by atoms with E-state index in [1.807, 2.05) is 0 Å². The maximum absolute atomic E-state index is 14.8. The molecule has 65 heavy (non-hydrogen) atoms. The van der Waals surface area contributed by atoms with Gasteiger partial charge in [-0.05, 0) is 31.4 Å². The number of rotatable bonds is 20. The van der Waals surface area contributed by atoms with Crippen LogP contribution in [0.4, 0.5) is 114 Å². The third kappa shape index (κ3) is 9.94. The minimum atomic E-state index is -8.44. The van der Waals surface area contributed by atoms with Gasteiger partial charge in [0, 0.05) is 30.2 Å². The predicted octanol–water partition coefficient (Wildman–Crippen LogP) is 12.7. The first-order valence-electron chi connectivity index (χ1n) is 17.4. The Bertz CT molecular complexity index is 1780. The Balaban J connectivity index is 2.63. The fourth-order valence-electron chi connectivity index (χ4n) is 5.53. The molecule has 0 unspecified atom stereocenters. The van der Waals surface area contributed by atoms with Gasteiger partial charge in [-0.2, -0.15) is 114 Å². The zero-order valence-corrected chi connectivity index (χ0v) is 32.0. The van der Waals surface area contributed by atoms with E-state index in [0.29, 0.717) is 0 Å². The summed E-state index contributed by atoms with van der Waals surface area (Å²) in [7, 11) is 0. The van der Waals surface area contributed by atoms with Crippen LogP contribution in [0.5, 0.6) is 0 Å². The van der Waals surface area contributed by atoms with E-state index in [4.69, 9.17) is 14.2 Å². The van der Waals surface area contributed by atoms with Gasteiger partial charge in [-0.1, -0.05) is 31.2 Å². The van der Waals surface area contributed by atoms with Crippen molar-refractivity contribution >= 4 is 17.8 Å². The first-order valence-corrected chi connectivity index (χ1v) is 17.4. The highest BCUT2D eigenvalue weighted by Crippen LogP contribution is 2.63. The molecule has 1 aromatic rings. The van der Waals surface area contributed by atoms with Gasteiger partial charge in [-0.25, -0.2) is 4.79 Å². The molecule has 1 heterocycles. The van der Waals surface area contributed by atoms with E-state index < -0.39 is 140 Å². The molecule has 0 amide bonds. The summed E-state index contributed by atoms with van der Waals surface area (Å²) in [6, 6.07) is 4.02. The van der Waals surface area contributed by atoms with Crippen LogP contribution in [0.2, 0.25) is 0 Å². The highest BCUT2D eigenvalue weighted by Gasteiger charge is 2.92. The lowest BCUT2D eigenvalue weighted by Gasteiger charge is -2.44. The number of benzene rings is 1. The van der Waals surface area contributed by atoms with Crippen LogP contribution in [-0.2, 0) is 23.8 Å². The summed E-state index contributed by atoms with van der Waals surface area (Å²) in [4.78, 5) is 24.4. The average molecular weight is 1010 g/mol.